The molecule has 0 atom stereocenters. The summed E-state index contributed by atoms with van der Waals surface area (Å²) in [7, 11) is 1.62. The molecule has 0 aromatic carbocycles. The van der Waals surface area contributed by atoms with Crippen LogP contribution in [-0.2, 0) is 21.9 Å². The second-order valence-corrected chi connectivity index (χ2v) is 1.01. The molecular formula is C4H7MnNO. The molecular weight excluding hydrogens is 133 g/mol. The minimum atomic E-state index is 0. The number of amides is 1. The molecule has 0 bridgehead atoms. The molecule has 0 rings (SSSR count). The van der Waals surface area contributed by atoms with E-state index in [1.54, 1.807) is 13.5 Å². The van der Waals surface area contributed by atoms with E-state index in [-0.39, 0.29) is 17.1 Å². The second-order valence-electron chi connectivity index (χ2n) is 1.01. The van der Waals surface area contributed by atoms with Gasteiger partial charge in [0.2, 0.25) is 0 Å². The van der Waals surface area contributed by atoms with Crippen LogP contribution in [-0.4, -0.2) is 24.9 Å². The van der Waals surface area contributed by atoms with Gasteiger partial charge in [-0.25, -0.2) is 0 Å². The second kappa shape index (κ2) is 5.99. The maximum atomic E-state index is 9.50. The van der Waals surface area contributed by atoms with Crippen LogP contribution < -0.4 is 0 Å². The summed E-state index contributed by atoms with van der Waals surface area (Å²) >= 11 is 0. The molecule has 0 aromatic heterocycles. The summed E-state index contributed by atoms with van der Waals surface area (Å²) in [6.07, 6.45) is 1.64. The molecule has 0 spiro atoms. The fraction of sp³-hybridized carbons (Fsp3) is 0.500. The van der Waals surface area contributed by atoms with Crippen LogP contribution in [0.4, 0.5) is 0 Å². The van der Waals surface area contributed by atoms with Crippen molar-refractivity contribution in [1.29, 1.82) is 0 Å². The van der Waals surface area contributed by atoms with E-state index in [1.165, 1.54) is 4.90 Å². The van der Waals surface area contributed by atoms with Crippen LogP contribution in [0.5, 0.6) is 0 Å². The topological polar surface area (TPSA) is 20.3 Å². The predicted molar refractivity (Wildman–Crippen MR) is 23.7 cm³/mol. The van der Waals surface area contributed by atoms with Crippen molar-refractivity contribution in [2.24, 2.45) is 0 Å². The van der Waals surface area contributed by atoms with Gasteiger partial charge >= 0.3 is 17.1 Å². The summed E-state index contributed by atoms with van der Waals surface area (Å²) in [6, 6.07) is 0. The molecule has 2 nitrogen and oxygen atoms in total. The molecule has 41 valence electrons. The zero-order chi connectivity index (χ0) is 4.99. The largest absolute Gasteiger partial charge is 2.00 e. The first-order valence-electron chi connectivity index (χ1n) is 1.69. The van der Waals surface area contributed by atoms with Crippen LogP contribution in [0.1, 0.15) is 0 Å². The smallest absolute Gasteiger partial charge is 0.544 e. The maximum Gasteiger partial charge on any atom is 2.00 e. The van der Waals surface area contributed by atoms with Gasteiger partial charge in [0.15, 0.2) is 0 Å². The first-order chi connectivity index (χ1) is 2.81. The van der Waals surface area contributed by atoms with E-state index in [9.17, 15) is 4.79 Å². The fourth-order valence-corrected chi connectivity index (χ4v) is 0.0456. The molecule has 0 N–H and O–H groups in total. The maximum absolute atomic E-state index is 9.50. The standard InChI is InChI=1S/C4H7NO.Mn/c1-3-5(2)4-6;/h1,3H2,2H3;/q-2;+2. The summed E-state index contributed by atoms with van der Waals surface area (Å²) in [5.74, 6) is 0. The van der Waals surface area contributed by atoms with Gasteiger partial charge in [0.25, 0.3) is 0 Å². The van der Waals surface area contributed by atoms with Crippen molar-refractivity contribution >= 4 is 6.41 Å². The Bertz CT molecular complexity index is 49.0. The summed E-state index contributed by atoms with van der Waals surface area (Å²) in [4.78, 5) is 10.8. The van der Waals surface area contributed by atoms with Crippen LogP contribution >= 0.6 is 0 Å². The van der Waals surface area contributed by atoms with Gasteiger partial charge in [-0.15, -0.1) is 6.54 Å². The van der Waals surface area contributed by atoms with Crippen molar-refractivity contribution in [3.63, 3.8) is 0 Å². The van der Waals surface area contributed by atoms with Gasteiger partial charge in [0, 0.05) is 0 Å². The van der Waals surface area contributed by atoms with Gasteiger partial charge < -0.3 is 16.6 Å². The Balaban J connectivity index is 0. The van der Waals surface area contributed by atoms with E-state index >= 15 is 0 Å². The van der Waals surface area contributed by atoms with E-state index < -0.39 is 0 Å². The number of nitrogens with zero attached hydrogens (tertiary/aromatic N) is 1. The SMILES string of the molecule is [CH2-]CN(C)[C-]=O.[Mn+2]. The molecule has 7 heavy (non-hydrogen) atoms. The number of hydrogen-bond donors (Lipinski definition) is 0. The summed E-state index contributed by atoms with van der Waals surface area (Å²) < 4.78 is 0. The molecule has 0 unspecified atom stereocenters. The van der Waals surface area contributed by atoms with E-state index in [0.717, 1.165) is 0 Å². The Hall–Kier alpha value is -0.0105. The van der Waals surface area contributed by atoms with Gasteiger partial charge in [-0.2, -0.15) is 6.41 Å². The number of carbonyl (C=O) groups excluding carboxylic acids is 1. The van der Waals surface area contributed by atoms with Gasteiger partial charge in [-0.05, 0) is 7.05 Å². The Kier molecular flexibility index (Phi) is 8.62. The van der Waals surface area contributed by atoms with Gasteiger partial charge in [-0.1, -0.05) is 0 Å². The van der Waals surface area contributed by atoms with Crippen LogP contribution in [0.15, 0.2) is 0 Å². The van der Waals surface area contributed by atoms with Gasteiger partial charge in [0.05, 0.1) is 0 Å². The molecule has 1 radical (unpaired) electrons. The molecule has 0 fully saturated rings. The molecule has 0 saturated heterocycles. The molecule has 3 heteroatoms. The first-order valence-corrected chi connectivity index (χ1v) is 1.69. The summed E-state index contributed by atoms with van der Waals surface area (Å²) in [5.41, 5.74) is 0. The van der Waals surface area contributed by atoms with E-state index in [1.807, 2.05) is 0 Å². The van der Waals surface area contributed by atoms with E-state index in [0.29, 0.717) is 6.54 Å². The summed E-state index contributed by atoms with van der Waals surface area (Å²) in [5, 5.41) is 0. The van der Waals surface area contributed by atoms with Crippen LogP contribution in [0.2, 0.25) is 0 Å². The van der Waals surface area contributed by atoms with Crippen molar-refractivity contribution in [3.8, 4) is 0 Å². The van der Waals surface area contributed by atoms with Crippen molar-refractivity contribution < 1.29 is 21.9 Å². The fourth-order valence-electron chi connectivity index (χ4n) is 0.0456. The van der Waals surface area contributed by atoms with Crippen molar-refractivity contribution in [2.75, 3.05) is 13.6 Å². The van der Waals surface area contributed by atoms with Crippen molar-refractivity contribution in [1.82, 2.24) is 4.90 Å². The normalized spacial score (nSPS) is 6.57. The van der Waals surface area contributed by atoms with Crippen LogP contribution in [0.25, 0.3) is 0 Å². The monoisotopic (exact) mass is 140 g/mol. The van der Waals surface area contributed by atoms with E-state index in [2.05, 4.69) is 6.92 Å². The van der Waals surface area contributed by atoms with Crippen LogP contribution in [0.3, 0.4) is 0 Å². The number of rotatable bonds is 2. The average Bonchev–Trinajstić information content (AvgIpc) is 1.65. The van der Waals surface area contributed by atoms with E-state index in [4.69, 9.17) is 0 Å². The first kappa shape index (κ1) is 10.1. The molecule has 1 amide bonds. The predicted octanol–water partition coefficient (Wildman–Crippen LogP) is -0.183. The molecule has 0 saturated carbocycles. The average molecular weight is 140 g/mol. The van der Waals surface area contributed by atoms with Crippen molar-refractivity contribution in [2.45, 2.75) is 0 Å². The molecule has 0 aliphatic heterocycles. The molecule has 0 heterocycles. The van der Waals surface area contributed by atoms with Gasteiger partial charge in [-0.3, -0.25) is 0 Å². The quantitative estimate of drug-likeness (QED) is 0.296. The minimum Gasteiger partial charge on any atom is -0.544 e. The Morgan fingerprint density at radius 2 is 2.29 bits per heavy atom. The minimum absolute atomic E-state index is 0. The van der Waals surface area contributed by atoms with Gasteiger partial charge in [0.1, 0.15) is 0 Å². The summed E-state index contributed by atoms with van der Waals surface area (Å²) in [6.45, 7) is 3.91. The molecule has 0 aliphatic carbocycles. The number of hydrogen-bond acceptors (Lipinski definition) is 1. The van der Waals surface area contributed by atoms with Crippen LogP contribution in [0, 0.1) is 6.92 Å². The Morgan fingerprint density at radius 3 is 2.29 bits per heavy atom. The third-order valence-corrected chi connectivity index (χ3v) is 0.491. The van der Waals surface area contributed by atoms with Crippen molar-refractivity contribution in [3.05, 3.63) is 6.92 Å². The molecule has 0 aliphatic rings. The third-order valence-electron chi connectivity index (χ3n) is 0.491. The molecule has 0 aromatic rings. The third kappa shape index (κ3) is 5.99. The Morgan fingerprint density at radius 1 is 1.86 bits per heavy atom. The zero-order valence-electron chi connectivity index (χ0n) is 4.15. The zero-order valence-corrected chi connectivity index (χ0v) is 5.33. The Labute approximate surface area is 54.4 Å².